The molecule has 0 spiro atoms. The molecule has 0 radical (unpaired) electrons. The second-order valence-electron chi connectivity index (χ2n) is 5.84. The lowest BCUT2D eigenvalue weighted by atomic mass is 10.1. The Hall–Kier alpha value is -3.72. The highest BCUT2D eigenvalue weighted by atomic mass is 16.1. The van der Waals surface area contributed by atoms with E-state index in [-0.39, 0.29) is 11.6 Å². The Labute approximate surface area is 151 Å². The SMILES string of the molecule is Cc1ccc(NC(=O)c2ccc(Nc3ccccc3C#N)nn2)cc1C. The summed E-state index contributed by atoms with van der Waals surface area (Å²) in [6, 6.07) is 18.2. The van der Waals surface area contributed by atoms with E-state index in [1.54, 1.807) is 30.3 Å². The van der Waals surface area contributed by atoms with Gasteiger partial charge < -0.3 is 10.6 Å². The normalized spacial score (nSPS) is 10.0. The number of carbonyl (C=O) groups excluding carboxylic acids is 1. The number of carbonyl (C=O) groups is 1. The lowest BCUT2D eigenvalue weighted by Crippen LogP contribution is -2.14. The molecule has 1 amide bonds. The van der Waals surface area contributed by atoms with E-state index in [1.807, 2.05) is 38.1 Å². The second kappa shape index (κ2) is 7.45. The Morgan fingerprint density at radius 1 is 1.00 bits per heavy atom. The molecule has 0 fully saturated rings. The van der Waals surface area contributed by atoms with Crippen molar-refractivity contribution in [1.82, 2.24) is 10.2 Å². The molecule has 1 aromatic heterocycles. The molecular formula is C20H17N5O. The number of aromatic nitrogens is 2. The van der Waals surface area contributed by atoms with E-state index in [4.69, 9.17) is 5.26 Å². The van der Waals surface area contributed by atoms with Gasteiger partial charge in [-0.15, -0.1) is 10.2 Å². The first kappa shape index (κ1) is 17.1. The summed E-state index contributed by atoms with van der Waals surface area (Å²) in [7, 11) is 0. The van der Waals surface area contributed by atoms with Crippen molar-refractivity contribution in [2.45, 2.75) is 13.8 Å². The number of para-hydroxylation sites is 1. The first-order valence-corrected chi connectivity index (χ1v) is 8.05. The molecular weight excluding hydrogens is 326 g/mol. The zero-order valence-corrected chi connectivity index (χ0v) is 14.4. The van der Waals surface area contributed by atoms with Crippen LogP contribution in [0, 0.1) is 25.2 Å². The molecule has 0 unspecified atom stereocenters. The average molecular weight is 343 g/mol. The van der Waals surface area contributed by atoms with Crippen LogP contribution in [0.1, 0.15) is 27.2 Å². The summed E-state index contributed by atoms with van der Waals surface area (Å²) in [5.41, 5.74) is 4.33. The highest BCUT2D eigenvalue weighted by molar-refractivity contribution is 6.02. The van der Waals surface area contributed by atoms with Gasteiger partial charge in [0.2, 0.25) is 0 Å². The van der Waals surface area contributed by atoms with Crippen LogP contribution < -0.4 is 10.6 Å². The standard InChI is InChI=1S/C20H17N5O/c1-13-7-8-16(11-14(13)2)22-20(26)18-9-10-19(25-24-18)23-17-6-4-3-5-15(17)12-21/h3-11H,1-2H3,(H,22,26)(H,23,25). The maximum absolute atomic E-state index is 12.3. The summed E-state index contributed by atoms with van der Waals surface area (Å²) < 4.78 is 0. The topological polar surface area (TPSA) is 90.7 Å². The summed E-state index contributed by atoms with van der Waals surface area (Å²) in [4.78, 5) is 12.3. The number of nitrogens with zero attached hydrogens (tertiary/aromatic N) is 3. The first-order valence-electron chi connectivity index (χ1n) is 8.05. The fourth-order valence-electron chi connectivity index (χ4n) is 2.36. The van der Waals surface area contributed by atoms with Crippen LogP contribution in [0.5, 0.6) is 0 Å². The third-order valence-electron chi connectivity index (χ3n) is 3.97. The van der Waals surface area contributed by atoms with Gasteiger partial charge in [0, 0.05) is 5.69 Å². The van der Waals surface area contributed by atoms with Crippen molar-refractivity contribution in [2.24, 2.45) is 0 Å². The van der Waals surface area contributed by atoms with Crippen LogP contribution in [-0.2, 0) is 0 Å². The summed E-state index contributed by atoms with van der Waals surface area (Å²) in [5, 5.41) is 22.9. The van der Waals surface area contributed by atoms with Crippen molar-refractivity contribution in [3.8, 4) is 6.07 Å². The fraction of sp³-hybridized carbons (Fsp3) is 0.100. The molecule has 128 valence electrons. The predicted octanol–water partition coefficient (Wildman–Crippen LogP) is 3.96. The van der Waals surface area contributed by atoms with Crippen molar-refractivity contribution in [1.29, 1.82) is 5.26 Å². The van der Waals surface area contributed by atoms with Crippen LogP contribution in [0.15, 0.2) is 54.6 Å². The van der Waals surface area contributed by atoms with Gasteiger partial charge >= 0.3 is 0 Å². The minimum Gasteiger partial charge on any atom is -0.338 e. The van der Waals surface area contributed by atoms with Crippen molar-refractivity contribution < 1.29 is 4.79 Å². The molecule has 0 saturated heterocycles. The number of anilines is 3. The van der Waals surface area contributed by atoms with E-state index in [2.05, 4.69) is 26.9 Å². The third kappa shape index (κ3) is 3.84. The Balaban J connectivity index is 1.71. The molecule has 2 N–H and O–H groups in total. The highest BCUT2D eigenvalue weighted by Gasteiger charge is 2.10. The molecule has 3 rings (SSSR count). The molecule has 0 aliphatic rings. The van der Waals surface area contributed by atoms with Gasteiger partial charge in [-0.3, -0.25) is 4.79 Å². The molecule has 26 heavy (non-hydrogen) atoms. The van der Waals surface area contributed by atoms with Gasteiger partial charge in [0.15, 0.2) is 11.5 Å². The molecule has 0 aliphatic heterocycles. The fourth-order valence-corrected chi connectivity index (χ4v) is 2.36. The molecule has 1 heterocycles. The number of amides is 1. The van der Waals surface area contributed by atoms with Crippen LogP contribution in [0.4, 0.5) is 17.2 Å². The van der Waals surface area contributed by atoms with Crippen molar-refractivity contribution in [2.75, 3.05) is 10.6 Å². The van der Waals surface area contributed by atoms with Crippen molar-refractivity contribution >= 4 is 23.1 Å². The number of hydrogen-bond acceptors (Lipinski definition) is 5. The number of rotatable bonds is 4. The minimum absolute atomic E-state index is 0.211. The summed E-state index contributed by atoms with van der Waals surface area (Å²) >= 11 is 0. The van der Waals surface area contributed by atoms with Crippen LogP contribution in [0.25, 0.3) is 0 Å². The summed E-state index contributed by atoms with van der Waals surface area (Å²) in [5.74, 6) is 0.125. The molecule has 2 aromatic carbocycles. The zero-order valence-electron chi connectivity index (χ0n) is 14.4. The van der Waals surface area contributed by atoms with Crippen molar-refractivity contribution in [3.63, 3.8) is 0 Å². The van der Waals surface area contributed by atoms with Crippen LogP contribution in [0.2, 0.25) is 0 Å². The van der Waals surface area contributed by atoms with Gasteiger partial charge in [0.25, 0.3) is 5.91 Å². The van der Waals surface area contributed by atoms with E-state index in [0.29, 0.717) is 22.8 Å². The minimum atomic E-state index is -0.329. The van der Waals surface area contributed by atoms with Gasteiger partial charge in [-0.1, -0.05) is 18.2 Å². The maximum atomic E-state index is 12.3. The Bertz CT molecular complexity index is 990. The van der Waals surface area contributed by atoms with Gasteiger partial charge in [-0.05, 0) is 61.4 Å². The second-order valence-corrected chi connectivity index (χ2v) is 5.84. The highest BCUT2D eigenvalue weighted by Crippen LogP contribution is 2.19. The van der Waals surface area contributed by atoms with E-state index in [0.717, 1.165) is 11.1 Å². The zero-order chi connectivity index (χ0) is 18.5. The molecule has 3 aromatic rings. The summed E-state index contributed by atoms with van der Waals surface area (Å²) in [6.45, 7) is 4.01. The number of aryl methyl sites for hydroxylation is 2. The van der Waals surface area contributed by atoms with Crippen LogP contribution >= 0.6 is 0 Å². The number of nitrogens with one attached hydrogen (secondary N) is 2. The Kier molecular flexibility index (Phi) is 4.90. The first-order chi connectivity index (χ1) is 12.6. The average Bonchev–Trinajstić information content (AvgIpc) is 2.66. The maximum Gasteiger partial charge on any atom is 0.276 e. The molecule has 6 heteroatoms. The molecule has 0 saturated carbocycles. The lowest BCUT2D eigenvalue weighted by Gasteiger charge is -2.08. The lowest BCUT2D eigenvalue weighted by molar-refractivity contribution is 0.102. The van der Waals surface area contributed by atoms with Gasteiger partial charge in [0.1, 0.15) is 6.07 Å². The molecule has 0 bridgehead atoms. The van der Waals surface area contributed by atoms with E-state index in [9.17, 15) is 4.79 Å². The number of nitriles is 1. The quantitative estimate of drug-likeness (QED) is 0.748. The largest absolute Gasteiger partial charge is 0.338 e. The molecule has 6 nitrogen and oxygen atoms in total. The number of benzene rings is 2. The van der Waals surface area contributed by atoms with Gasteiger partial charge in [-0.25, -0.2) is 0 Å². The predicted molar refractivity (Wildman–Crippen MR) is 100 cm³/mol. The van der Waals surface area contributed by atoms with E-state index in [1.165, 1.54) is 0 Å². The van der Waals surface area contributed by atoms with E-state index >= 15 is 0 Å². The molecule has 0 aliphatic carbocycles. The van der Waals surface area contributed by atoms with Crippen molar-refractivity contribution in [3.05, 3.63) is 77.0 Å². The van der Waals surface area contributed by atoms with E-state index < -0.39 is 0 Å². The molecule has 0 atom stereocenters. The Morgan fingerprint density at radius 2 is 1.81 bits per heavy atom. The van der Waals surface area contributed by atoms with Crippen LogP contribution in [0.3, 0.4) is 0 Å². The van der Waals surface area contributed by atoms with Crippen LogP contribution in [-0.4, -0.2) is 16.1 Å². The third-order valence-corrected chi connectivity index (χ3v) is 3.97. The van der Waals surface area contributed by atoms with Gasteiger partial charge in [-0.2, -0.15) is 5.26 Å². The van der Waals surface area contributed by atoms with Gasteiger partial charge in [0.05, 0.1) is 11.3 Å². The smallest absolute Gasteiger partial charge is 0.276 e. The Morgan fingerprint density at radius 3 is 2.50 bits per heavy atom. The number of hydrogen-bond donors (Lipinski definition) is 2. The summed E-state index contributed by atoms with van der Waals surface area (Å²) in [6.07, 6.45) is 0. The monoisotopic (exact) mass is 343 g/mol.